The first-order chi connectivity index (χ1) is 14.6. The molecule has 0 spiro atoms. The van der Waals surface area contributed by atoms with Crippen LogP contribution in [0.3, 0.4) is 0 Å². The van der Waals surface area contributed by atoms with Gasteiger partial charge in [0.15, 0.2) is 0 Å². The maximum Gasteiger partial charge on any atom is 0.310 e. The van der Waals surface area contributed by atoms with Crippen LogP contribution in [0.2, 0.25) is 5.02 Å². The second kappa shape index (κ2) is 8.76. The molecule has 0 bridgehead atoms. The van der Waals surface area contributed by atoms with Crippen LogP contribution in [0, 0.1) is 6.92 Å². The number of esters is 1. The molecule has 3 nitrogen and oxygen atoms in total. The van der Waals surface area contributed by atoms with Gasteiger partial charge in [-0.2, -0.15) is 0 Å². The maximum atomic E-state index is 12.3. The minimum Gasteiger partial charge on any atom is -0.466 e. The van der Waals surface area contributed by atoms with Gasteiger partial charge < -0.3 is 9.30 Å². The van der Waals surface area contributed by atoms with Gasteiger partial charge in [-0.3, -0.25) is 4.79 Å². The van der Waals surface area contributed by atoms with Crippen molar-refractivity contribution >= 4 is 28.5 Å². The molecular weight excluding hydrogens is 394 g/mol. The van der Waals surface area contributed by atoms with Crippen molar-refractivity contribution in [3.8, 4) is 0 Å². The summed E-state index contributed by atoms with van der Waals surface area (Å²) in [4.78, 5) is 12.3. The number of aromatic nitrogens is 1. The van der Waals surface area contributed by atoms with E-state index in [1.165, 1.54) is 11.1 Å². The summed E-state index contributed by atoms with van der Waals surface area (Å²) >= 11 is 6.34. The van der Waals surface area contributed by atoms with E-state index in [4.69, 9.17) is 16.3 Å². The molecule has 0 amide bonds. The van der Waals surface area contributed by atoms with E-state index in [1.807, 2.05) is 37.3 Å². The summed E-state index contributed by atoms with van der Waals surface area (Å²) in [6, 6.07) is 26.7. The lowest BCUT2D eigenvalue weighted by Crippen LogP contribution is -2.14. The molecule has 0 aliphatic carbocycles. The van der Waals surface area contributed by atoms with Gasteiger partial charge in [-0.15, -0.1) is 0 Å². The van der Waals surface area contributed by atoms with Crippen molar-refractivity contribution in [2.45, 2.75) is 26.3 Å². The van der Waals surface area contributed by atoms with Crippen LogP contribution >= 0.6 is 11.6 Å². The molecule has 0 fully saturated rings. The van der Waals surface area contributed by atoms with Crippen LogP contribution < -0.4 is 0 Å². The maximum absolute atomic E-state index is 12.3. The van der Waals surface area contributed by atoms with Crippen LogP contribution in [0.25, 0.3) is 10.9 Å². The number of ether oxygens (including phenoxy) is 1. The fourth-order valence-electron chi connectivity index (χ4n) is 4.15. The number of hydrogen-bond donors (Lipinski definition) is 0. The summed E-state index contributed by atoms with van der Waals surface area (Å²) in [5.74, 6) is -0.226. The number of carbonyl (C=O) groups excluding carboxylic acids is 1. The third kappa shape index (κ3) is 3.86. The zero-order chi connectivity index (χ0) is 21.1. The third-order valence-electron chi connectivity index (χ3n) is 5.46. The summed E-state index contributed by atoms with van der Waals surface area (Å²) in [7, 11) is 0. The monoisotopic (exact) mass is 417 g/mol. The lowest BCUT2D eigenvalue weighted by molar-refractivity contribution is -0.142. The Morgan fingerprint density at radius 1 is 0.967 bits per heavy atom. The highest BCUT2D eigenvalue weighted by Crippen LogP contribution is 2.37. The van der Waals surface area contributed by atoms with Crippen LogP contribution in [0.1, 0.15) is 35.3 Å². The summed E-state index contributed by atoms with van der Waals surface area (Å²) in [5.41, 5.74) is 5.41. The third-order valence-corrected chi connectivity index (χ3v) is 5.69. The predicted octanol–water partition coefficient (Wildman–Crippen LogP) is 6.35. The van der Waals surface area contributed by atoms with Crippen LogP contribution in [0.4, 0.5) is 0 Å². The molecule has 4 heteroatoms. The van der Waals surface area contributed by atoms with E-state index in [1.54, 1.807) is 0 Å². The van der Waals surface area contributed by atoms with Gasteiger partial charge in [0.05, 0.1) is 19.1 Å². The highest BCUT2D eigenvalue weighted by Gasteiger charge is 2.24. The molecule has 0 aliphatic heterocycles. The summed E-state index contributed by atoms with van der Waals surface area (Å²) < 4.78 is 7.55. The molecule has 0 radical (unpaired) electrons. The largest absolute Gasteiger partial charge is 0.466 e. The van der Waals surface area contributed by atoms with Gasteiger partial charge in [-0.05, 0) is 48.7 Å². The molecule has 0 unspecified atom stereocenters. The first kappa shape index (κ1) is 20.2. The fraction of sp³-hybridized carbons (Fsp3) is 0.192. The summed E-state index contributed by atoms with van der Waals surface area (Å²) in [6.45, 7) is 4.26. The summed E-state index contributed by atoms with van der Waals surface area (Å²) in [5, 5.41) is 1.64. The Kier molecular flexibility index (Phi) is 5.91. The molecule has 0 N–H and O–H groups in total. The molecule has 0 saturated heterocycles. The number of rotatable bonds is 6. The quantitative estimate of drug-likeness (QED) is 0.342. The summed E-state index contributed by atoms with van der Waals surface area (Å²) in [6.07, 6.45) is 0.222. The zero-order valence-electron chi connectivity index (χ0n) is 17.1. The second-order valence-electron chi connectivity index (χ2n) is 7.30. The van der Waals surface area contributed by atoms with Gasteiger partial charge >= 0.3 is 5.97 Å². The normalized spacial score (nSPS) is 11.2. The van der Waals surface area contributed by atoms with E-state index in [0.717, 1.165) is 22.2 Å². The van der Waals surface area contributed by atoms with Crippen molar-refractivity contribution in [3.63, 3.8) is 0 Å². The lowest BCUT2D eigenvalue weighted by Gasteiger charge is -2.23. The smallest absolute Gasteiger partial charge is 0.310 e. The van der Waals surface area contributed by atoms with Crippen LogP contribution in [-0.4, -0.2) is 17.1 Å². The second-order valence-corrected chi connectivity index (χ2v) is 7.74. The Hall–Kier alpha value is -3.04. The molecular formula is C26H24ClNO2. The predicted molar refractivity (Wildman–Crippen MR) is 122 cm³/mol. The highest BCUT2D eigenvalue weighted by molar-refractivity contribution is 6.31. The molecule has 0 saturated carbocycles. The average Bonchev–Trinajstić information content (AvgIpc) is 3.01. The average molecular weight is 418 g/mol. The fourth-order valence-corrected chi connectivity index (χ4v) is 4.33. The molecule has 1 heterocycles. The Bertz CT molecular complexity index is 1130. The number of fused-ring (bicyclic) bond motifs is 1. The van der Waals surface area contributed by atoms with Gasteiger partial charge in [0.1, 0.15) is 0 Å². The molecule has 0 atom stereocenters. The zero-order valence-corrected chi connectivity index (χ0v) is 17.9. The van der Waals surface area contributed by atoms with E-state index in [0.29, 0.717) is 11.6 Å². The molecule has 0 aliphatic rings. The number of benzene rings is 3. The Morgan fingerprint density at radius 2 is 1.57 bits per heavy atom. The van der Waals surface area contributed by atoms with Crippen molar-refractivity contribution in [2.75, 3.05) is 6.61 Å². The van der Waals surface area contributed by atoms with E-state index in [-0.39, 0.29) is 18.4 Å². The molecule has 4 rings (SSSR count). The lowest BCUT2D eigenvalue weighted by atomic mass is 9.98. The Morgan fingerprint density at radius 3 is 2.13 bits per heavy atom. The van der Waals surface area contributed by atoms with Crippen molar-refractivity contribution in [2.24, 2.45) is 0 Å². The van der Waals surface area contributed by atoms with Crippen LogP contribution in [-0.2, 0) is 16.0 Å². The number of hydrogen-bond acceptors (Lipinski definition) is 2. The van der Waals surface area contributed by atoms with Crippen molar-refractivity contribution < 1.29 is 9.53 Å². The minimum absolute atomic E-state index is 0.0213. The van der Waals surface area contributed by atoms with Gasteiger partial charge in [-0.1, -0.05) is 72.3 Å². The number of nitrogens with zero attached hydrogens (tertiary/aromatic N) is 1. The Balaban J connectivity index is 1.98. The molecule has 4 aromatic rings. The number of carbonyl (C=O) groups is 1. The molecule has 3 aromatic carbocycles. The first-order valence-corrected chi connectivity index (χ1v) is 10.5. The Labute approximate surface area is 181 Å². The van der Waals surface area contributed by atoms with Gasteiger partial charge in [0, 0.05) is 21.6 Å². The number of halogens is 1. The van der Waals surface area contributed by atoms with Crippen molar-refractivity contribution in [3.05, 3.63) is 106 Å². The van der Waals surface area contributed by atoms with E-state index < -0.39 is 0 Å². The van der Waals surface area contributed by atoms with Crippen molar-refractivity contribution in [1.82, 2.24) is 4.57 Å². The van der Waals surface area contributed by atoms with E-state index in [2.05, 4.69) is 60.0 Å². The van der Waals surface area contributed by atoms with E-state index >= 15 is 0 Å². The van der Waals surface area contributed by atoms with Crippen LogP contribution in [0.5, 0.6) is 0 Å². The molecule has 1 aromatic heterocycles. The minimum atomic E-state index is -0.226. The van der Waals surface area contributed by atoms with E-state index in [9.17, 15) is 4.79 Å². The molecule has 152 valence electrons. The highest BCUT2D eigenvalue weighted by atomic mass is 35.5. The van der Waals surface area contributed by atoms with Gasteiger partial charge in [0.2, 0.25) is 0 Å². The van der Waals surface area contributed by atoms with Crippen molar-refractivity contribution in [1.29, 1.82) is 0 Å². The SMILES string of the molecule is CCOC(=O)Cc1c(C)n(C(c2ccccc2)c2ccccc2)c2ccc(Cl)cc12. The van der Waals surface area contributed by atoms with Gasteiger partial charge in [-0.25, -0.2) is 0 Å². The topological polar surface area (TPSA) is 31.2 Å². The van der Waals surface area contributed by atoms with Gasteiger partial charge in [0.25, 0.3) is 0 Å². The standard InChI is InChI=1S/C26H24ClNO2/c1-3-30-25(29)17-22-18(2)28(24-15-14-21(27)16-23(22)24)26(19-10-6-4-7-11-19)20-12-8-5-9-13-20/h4-16,26H,3,17H2,1-2H3. The first-order valence-electron chi connectivity index (χ1n) is 10.1. The molecule has 30 heavy (non-hydrogen) atoms. The van der Waals surface area contributed by atoms with Crippen LogP contribution in [0.15, 0.2) is 78.9 Å².